The summed E-state index contributed by atoms with van der Waals surface area (Å²) in [5.74, 6) is -1.31. The number of carbonyl (C=O) groups is 1. The lowest BCUT2D eigenvalue weighted by Crippen LogP contribution is -1.97. The van der Waals surface area contributed by atoms with E-state index in [2.05, 4.69) is 6.92 Å². The molecule has 1 rings (SSSR count). The Hall–Kier alpha value is -1.55. The predicted octanol–water partition coefficient (Wildman–Crippen LogP) is 6.52. The van der Waals surface area contributed by atoms with E-state index >= 15 is 0 Å². The van der Waals surface area contributed by atoms with Crippen molar-refractivity contribution in [2.75, 3.05) is 6.54 Å². The summed E-state index contributed by atoms with van der Waals surface area (Å²) in [6.07, 6.45) is 19.9. The Kier molecular flexibility index (Phi) is 18.1. The van der Waals surface area contributed by atoms with Gasteiger partial charge in [-0.15, -0.1) is 0 Å². The first kappa shape index (κ1) is 25.4. The van der Waals surface area contributed by atoms with Crippen LogP contribution in [-0.4, -0.2) is 22.7 Å². The van der Waals surface area contributed by atoms with Crippen LogP contribution in [0, 0.1) is 0 Å². The Morgan fingerprint density at radius 1 is 0.778 bits per heavy atom. The van der Waals surface area contributed by atoms with Crippen molar-refractivity contribution in [3.05, 3.63) is 29.8 Å². The molecule has 27 heavy (non-hydrogen) atoms. The first-order chi connectivity index (χ1) is 13.1. The molecule has 0 atom stereocenters. The van der Waals surface area contributed by atoms with Gasteiger partial charge in [-0.1, -0.05) is 103 Å². The number of carboxylic acid groups (broad SMARTS) is 1. The highest BCUT2D eigenvalue weighted by Gasteiger charge is 2.05. The Labute approximate surface area is 166 Å². The van der Waals surface area contributed by atoms with Crippen molar-refractivity contribution >= 4 is 5.97 Å². The van der Waals surface area contributed by atoms with E-state index in [4.69, 9.17) is 15.9 Å². The topological polar surface area (TPSA) is 83.6 Å². The fourth-order valence-corrected chi connectivity index (χ4v) is 2.99. The zero-order valence-electron chi connectivity index (χ0n) is 17.3. The second-order valence-corrected chi connectivity index (χ2v) is 7.21. The Morgan fingerprint density at radius 2 is 1.19 bits per heavy atom. The van der Waals surface area contributed by atoms with E-state index in [9.17, 15) is 4.79 Å². The lowest BCUT2D eigenvalue weighted by Gasteiger charge is -2.02. The van der Waals surface area contributed by atoms with Crippen molar-refractivity contribution in [2.45, 2.75) is 96.8 Å². The molecular formula is C23H41NO3. The molecule has 0 saturated carbocycles. The molecule has 0 aliphatic rings. The molecule has 4 nitrogen and oxygen atoms in total. The summed E-state index contributed by atoms with van der Waals surface area (Å²) in [5, 5.41) is 17.3. The van der Waals surface area contributed by atoms with Crippen molar-refractivity contribution in [3.8, 4) is 5.75 Å². The Bertz CT molecular complexity index is 449. The summed E-state index contributed by atoms with van der Waals surface area (Å²) in [6.45, 7) is 3.16. The van der Waals surface area contributed by atoms with E-state index in [0.29, 0.717) is 0 Å². The van der Waals surface area contributed by atoms with E-state index in [1.807, 2.05) is 0 Å². The Balaban J connectivity index is 0.000000569. The van der Waals surface area contributed by atoms with Gasteiger partial charge in [-0.05, 0) is 25.1 Å². The minimum absolute atomic E-state index is 0.0671. The highest BCUT2D eigenvalue weighted by atomic mass is 16.4. The standard InChI is InChI=1S/C16H35N.C7H6O3/c1-2-3-4-5-6-7-8-9-10-11-12-13-14-15-16-17;8-6-4-2-1-3-5(6)7(9)10/h2-17H2,1H3;1-4,8H,(H,9,10). The maximum atomic E-state index is 10.3. The molecule has 0 spiro atoms. The number of para-hydroxylation sites is 1. The zero-order chi connectivity index (χ0) is 20.2. The summed E-state index contributed by atoms with van der Waals surface area (Å²) >= 11 is 0. The Morgan fingerprint density at radius 3 is 1.52 bits per heavy atom. The van der Waals surface area contributed by atoms with Crippen LogP contribution in [0.3, 0.4) is 0 Å². The zero-order valence-corrected chi connectivity index (χ0v) is 17.3. The monoisotopic (exact) mass is 379 g/mol. The summed E-state index contributed by atoms with van der Waals surface area (Å²) in [5.41, 5.74) is 5.40. The van der Waals surface area contributed by atoms with Gasteiger partial charge in [0.1, 0.15) is 11.3 Å². The molecule has 0 radical (unpaired) electrons. The highest BCUT2D eigenvalue weighted by Crippen LogP contribution is 2.14. The smallest absolute Gasteiger partial charge is 0.339 e. The molecule has 0 aliphatic heterocycles. The molecule has 0 saturated heterocycles. The number of benzene rings is 1. The van der Waals surface area contributed by atoms with Crippen molar-refractivity contribution in [2.24, 2.45) is 5.73 Å². The van der Waals surface area contributed by atoms with Crippen LogP contribution in [0.5, 0.6) is 5.75 Å². The number of carboxylic acids is 1. The number of hydrogen-bond donors (Lipinski definition) is 3. The van der Waals surface area contributed by atoms with Crippen LogP contribution in [0.1, 0.15) is 107 Å². The molecule has 4 heteroatoms. The molecule has 0 fully saturated rings. The predicted molar refractivity (Wildman–Crippen MR) is 114 cm³/mol. The summed E-state index contributed by atoms with van der Waals surface area (Å²) < 4.78 is 0. The van der Waals surface area contributed by atoms with Gasteiger partial charge in [-0.25, -0.2) is 4.79 Å². The number of phenols is 1. The molecule has 0 unspecified atom stereocenters. The molecule has 0 aromatic heterocycles. The maximum absolute atomic E-state index is 10.3. The third-order valence-electron chi connectivity index (χ3n) is 4.69. The van der Waals surface area contributed by atoms with E-state index in [1.54, 1.807) is 12.1 Å². The van der Waals surface area contributed by atoms with Crippen molar-refractivity contribution in [1.82, 2.24) is 0 Å². The number of aromatic hydroxyl groups is 1. The maximum Gasteiger partial charge on any atom is 0.339 e. The molecule has 4 N–H and O–H groups in total. The number of hydrogen-bond acceptors (Lipinski definition) is 3. The molecular weight excluding hydrogens is 338 g/mol. The van der Waals surface area contributed by atoms with Crippen LogP contribution in [-0.2, 0) is 0 Å². The van der Waals surface area contributed by atoms with Gasteiger partial charge < -0.3 is 15.9 Å². The van der Waals surface area contributed by atoms with Crippen LogP contribution < -0.4 is 5.73 Å². The summed E-state index contributed by atoms with van der Waals surface area (Å²) in [6, 6.07) is 5.81. The van der Waals surface area contributed by atoms with Crippen LogP contribution in [0.25, 0.3) is 0 Å². The van der Waals surface area contributed by atoms with Gasteiger partial charge in [0, 0.05) is 0 Å². The molecule has 0 heterocycles. The molecule has 0 amide bonds. The van der Waals surface area contributed by atoms with Gasteiger partial charge in [-0.3, -0.25) is 0 Å². The normalized spacial score (nSPS) is 10.3. The lowest BCUT2D eigenvalue weighted by molar-refractivity contribution is 0.0693. The SMILES string of the molecule is CCCCCCCCCCCCCCCCN.O=C(O)c1ccccc1O. The fourth-order valence-electron chi connectivity index (χ4n) is 2.99. The average molecular weight is 380 g/mol. The number of nitrogens with two attached hydrogens (primary N) is 1. The highest BCUT2D eigenvalue weighted by molar-refractivity contribution is 5.90. The fraction of sp³-hybridized carbons (Fsp3) is 0.696. The number of aromatic carboxylic acids is 1. The van der Waals surface area contributed by atoms with Crippen LogP contribution in [0.15, 0.2) is 24.3 Å². The van der Waals surface area contributed by atoms with Crippen LogP contribution in [0.2, 0.25) is 0 Å². The summed E-state index contributed by atoms with van der Waals surface area (Å²) in [4.78, 5) is 10.3. The minimum atomic E-state index is -1.11. The van der Waals surface area contributed by atoms with Gasteiger partial charge in [-0.2, -0.15) is 0 Å². The number of unbranched alkanes of at least 4 members (excludes halogenated alkanes) is 13. The van der Waals surface area contributed by atoms with Gasteiger partial charge in [0.05, 0.1) is 0 Å². The van der Waals surface area contributed by atoms with Crippen molar-refractivity contribution in [1.29, 1.82) is 0 Å². The molecule has 1 aromatic rings. The molecule has 0 aliphatic carbocycles. The third kappa shape index (κ3) is 16.4. The van der Waals surface area contributed by atoms with Gasteiger partial charge in [0.15, 0.2) is 0 Å². The van der Waals surface area contributed by atoms with Crippen molar-refractivity contribution in [3.63, 3.8) is 0 Å². The van der Waals surface area contributed by atoms with Gasteiger partial charge in [0.25, 0.3) is 0 Å². The van der Waals surface area contributed by atoms with Crippen LogP contribution in [0.4, 0.5) is 0 Å². The van der Waals surface area contributed by atoms with E-state index in [0.717, 1.165) is 6.54 Å². The van der Waals surface area contributed by atoms with E-state index < -0.39 is 5.97 Å². The van der Waals surface area contributed by atoms with E-state index in [1.165, 1.54) is 102 Å². The largest absolute Gasteiger partial charge is 0.507 e. The first-order valence-corrected chi connectivity index (χ1v) is 10.8. The molecule has 0 bridgehead atoms. The summed E-state index contributed by atoms with van der Waals surface area (Å²) in [7, 11) is 0. The van der Waals surface area contributed by atoms with Gasteiger partial charge in [0.2, 0.25) is 0 Å². The second-order valence-electron chi connectivity index (χ2n) is 7.21. The molecule has 156 valence electrons. The average Bonchev–Trinajstić information content (AvgIpc) is 2.66. The number of rotatable bonds is 15. The van der Waals surface area contributed by atoms with E-state index in [-0.39, 0.29) is 11.3 Å². The second kappa shape index (κ2) is 19.2. The van der Waals surface area contributed by atoms with Gasteiger partial charge >= 0.3 is 5.97 Å². The third-order valence-corrected chi connectivity index (χ3v) is 4.69. The van der Waals surface area contributed by atoms with Crippen molar-refractivity contribution < 1.29 is 15.0 Å². The minimum Gasteiger partial charge on any atom is -0.507 e. The first-order valence-electron chi connectivity index (χ1n) is 10.8. The quantitative estimate of drug-likeness (QED) is 0.303. The van der Waals surface area contributed by atoms with Crippen LogP contribution >= 0.6 is 0 Å². The lowest BCUT2D eigenvalue weighted by atomic mass is 10.0. The molecule has 1 aromatic carbocycles.